The fourth-order valence-electron chi connectivity index (χ4n) is 2.87. The zero-order valence-electron chi connectivity index (χ0n) is 15.9. The molecular formula is C22H19ClFNO3S. The summed E-state index contributed by atoms with van der Waals surface area (Å²) in [5.74, 6) is -2.02. The van der Waals surface area contributed by atoms with Gasteiger partial charge in [-0.15, -0.1) is 11.3 Å². The van der Waals surface area contributed by atoms with Crippen LogP contribution in [0.2, 0.25) is 5.02 Å². The van der Waals surface area contributed by atoms with Gasteiger partial charge in [0.05, 0.1) is 17.2 Å². The molecule has 7 heteroatoms. The van der Waals surface area contributed by atoms with Crippen LogP contribution in [-0.2, 0) is 11.2 Å². The number of ether oxygens (including phenoxy) is 1. The van der Waals surface area contributed by atoms with Gasteiger partial charge in [-0.05, 0) is 36.6 Å². The largest absolute Gasteiger partial charge is 0.462 e. The Kier molecular flexibility index (Phi) is 6.67. The summed E-state index contributed by atoms with van der Waals surface area (Å²) in [7, 11) is 0. The van der Waals surface area contributed by atoms with Crippen molar-refractivity contribution in [3.8, 4) is 11.1 Å². The van der Waals surface area contributed by atoms with Crippen molar-refractivity contribution in [3.63, 3.8) is 0 Å². The first-order valence-corrected chi connectivity index (χ1v) is 10.3. The van der Waals surface area contributed by atoms with E-state index in [0.717, 1.165) is 18.1 Å². The summed E-state index contributed by atoms with van der Waals surface area (Å²) in [6, 6.07) is 11.8. The molecule has 0 bridgehead atoms. The molecule has 0 radical (unpaired) electrons. The summed E-state index contributed by atoms with van der Waals surface area (Å²) in [5, 5.41) is 4.66. The van der Waals surface area contributed by atoms with Crippen molar-refractivity contribution in [1.82, 2.24) is 0 Å². The van der Waals surface area contributed by atoms with E-state index in [1.807, 2.05) is 24.3 Å². The van der Waals surface area contributed by atoms with Crippen LogP contribution in [0.4, 0.5) is 9.39 Å². The number of hydrogen-bond donors (Lipinski definition) is 1. The molecule has 0 saturated heterocycles. The first kappa shape index (κ1) is 21.0. The van der Waals surface area contributed by atoms with Gasteiger partial charge >= 0.3 is 5.97 Å². The van der Waals surface area contributed by atoms with Crippen molar-refractivity contribution in [2.24, 2.45) is 0 Å². The van der Waals surface area contributed by atoms with Crippen LogP contribution in [0.5, 0.6) is 0 Å². The van der Waals surface area contributed by atoms with Crippen molar-refractivity contribution in [3.05, 3.63) is 75.4 Å². The Morgan fingerprint density at radius 2 is 1.83 bits per heavy atom. The van der Waals surface area contributed by atoms with E-state index in [-0.39, 0.29) is 27.8 Å². The lowest BCUT2D eigenvalue weighted by Gasteiger charge is -2.10. The van der Waals surface area contributed by atoms with E-state index in [9.17, 15) is 14.0 Å². The van der Waals surface area contributed by atoms with Crippen LogP contribution in [-0.4, -0.2) is 18.5 Å². The molecule has 0 unspecified atom stereocenters. The Bertz CT molecular complexity index is 1030. The normalized spacial score (nSPS) is 10.6. The maximum absolute atomic E-state index is 14.1. The number of aryl methyl sites for hydroxylation is 1. The minimum absolute atomic E-state index is 0.00730. The molecule has 0 fully saturated rings. The number of halogens is 2. The van der Waals surface area contributed by atoms with E-state index >= 15 is 0 Å². The highest BCUT2D eigenvalue weighted by Crippen LogP contribution is 2.37. The topological polar surface area (TPSA) is 55.4 Å². The van der Waals surface area contributed by atoms with Crippen molar-refractivity contribution >= 4 is 39.8 Å². The van der Waals surface area contributed by atoms with Crippen LogP contribution >= 0.6 is 22.9 Å². The van der Waals surface area contributed by atoms with Crippen molar-refractivity contribution in [2.45, 2.75) is 20.3 Å². The minimum atomic E-state index is -0.736. The molecule has 1 aromatic heterocycles. The number of carbonyl (C=O) groups excluding carboxylic acids is 2. The molecule has 2 aromatic carbocycles. The Balaban J connectivity index is 2.01. The lowest BCUT2D eigenvalue weighted by atomic mass is 10.0. The summed E-state index contributed by atoms with van der Waals surface area (Å²) in [4.78, 5) is 25.3. The third-order valence-corrected chi connectivity index (χ3v) is 5.57. The molecule has 0 aliphatic heterocycles. The molecule has 150 valence electrons. The summed E-state index contributed by atoms with van der Waals surface area (Å²) in [5.41, 5.74) is 2.61. The number of benzene rings is 2. The molecule has 0 atom stereocenters. The molecule has 1 amide bonds. The standard InChI is InChI=1S/C22H19ClFNO3S/c1-3-13-8-10-14(11-9-13)15-12-29-21(18(15)22(27)28-4-2)25-20(26)19-16(23)6-5-7-17(19)24/h5-12H,3-4H2,1-2H3,(H,25,26). The maximum atomic E-state index is 14.1. The predicted molar refractivity (Wildman–Crippen MR) is 114 cm³/mol. The minimum Gasteiger partial charge on any atom is -0.462 e. The second kappa shape index (κ2) is 9.20. The Morgan fingerprint density at radius 3 is 2.45 bits per heavy atom. The van der Waals surface area contributed by atoms with Gasteiger partial charge < -0.3 is 10.1 Å². The zero-order chi connectivity index (χ0) is 21.0. The van der Waals surface area contributed by atoms with Crippen LogP contribution in [0, 0.1) is 5.82 Å². The molecule has 1 N–H and O–H groups in total. The molecule has 4 nitrogen and oxygen atoms in total. The van der Waals surface area contributed by atoms with Crippen molar-refractivity contribution < 1.29 is 18.7 Å². The first-order valence-electron chi connectivity index (χ1n) is 9.09. The third-order valence-electron chi connectivity index (χ3n) is 4.36. The fraction of sp³-hybridized carbons (Fsp3) is 0.182. The zero-order valence-corrected chi connectivity index (χ0v) is 17.5. The highest BCUT2D eigenvalue weighted by atomic mass is 35.5. The molecule has 1 heterocycles. The number of nitrogens with one attached hydrogen (secondary N) is 1. The van der Waals surface area contributed by atoms with Crippen LogP contribution in [0.1, 0.15) is 40.1 Å². The Morgan fingerprint density at radius 1 is 1.10 bits per heavy atom. The average molecular weight is 432 g/mol. The summed E-state index contributed by atoms with van der Waals surface area (Å²) >= 11 is 7.15. The second-order valence-electron chi connectivity index (χ2n) is 6.18. The van der Waals surface area contributed by atoms with Gasteiger partial charge in [0.1, 0.15) is 16.4 Å². The quantitative estimate of drug-likeness (QED) is 0.473. The van der Waals surface area contributed by atoms with Crippen LogP contribution in [0.15, 0.2) is 47.8 Å². The van der Waals surface area contributed by atoms with Crippen molar-refractivity contribution in [2.75, 3.05) is 11.9 Å². The first-order chi connectivity index (χ1) is 14.0. The number of amides is 1. The van der Waals surface area contributed by atoms with Gasteiger partial charge in [0, 0.05) is 10.9 Å². The van der Waals surface area contributed by atoms with Gasteiger partial charge in [-0.25, -0.2) is 9.18 Å². The second-order valence-corrected chi connectivity index (χ2v) is 7.46. The molecule has 3 rings (SSSR count). The predicted octanol–water partition coefficient (Wildman–Crippen LogP) is 6.20. The van der Waals surface area contributed by atoms with Gasteiger partial charge in [0.2, 0.25) is 0 Å². The van der Waals surface area contributed by atoms with Gasteiger partial charge in [-0.2, -0.15) is 0 Å². The maximum Gasteiger partial charge on any atom is 0.341 e. The van der Waals surface area contributed by atoms with Crippen LogP contribution in [0.3, 0.4) is 0 Å². The van der Waals surface area contributed by atoms with E-state index < -0.39 is 17.7 Å². The van der Waals surface area contributed by atoms with E-state index in [4.69, 9.17) is 16.3 Å². The molecule has 3 aromatic rings. The Hall–Kier alpha value is -2.70. The molecule has 0 aliphatic rings. The summed E-state index contributed by atoms with van der Waals surface area (Å²) in [6.07, 6.45) is 0.902. The number of carbonyl (C=O) groups is 2. The van der Waals surface area contributed by atoms with Gasteiger partial charge in [-0.3, -0.25) is 4.79 Å². The van der Waals surface area contributed by atoms with E-state index in [1.165, 1.54) is 29.0 Å². The highest BCUT2D eigenvalue weighted by Gasteiger charge is 2.24. The number of rotatable bonds is 6. The number of anilines is 1. The highest BCUT2D eigenvalue weighted by molar-refractivity contribution is 7.15. The third kappa shape index (κ3) is 4.49. The Labute approximate surface area is 177 Å². The van der Waals surface area contributed by atoms with Gasteiger partial charge in [0.25, 0.3) is 5.91 Å². The van der Waals surface area contributed by atoms with Gasteiger partial charge in [-0.1, -0.05) is 48.9 Å². The fourth-order valence-corrected chi connectivity index (χ4v) is 4.07. The SMILES string of the molecule is CCOC(=O)c1c(-c2ccc(CC)cc2)csc1NC(=O)c1c(F)cccc1Cl. The number of thiophene rings is 1. The summed E-state index contributed by atoms with van der Waals surface area (Å²) < 4.78 is 19.3. The molecule has 0 spiro atoms. The lowest BCUT2D eigenvalue weighted by Crippen LogP contribution is -2.16. The molecular weight excluding hydrogens is 413 g/mol. The van der Waals surface area contributed by atoms with Crippen molar-refractivity contribution in [1.29, 1.82) is 0 Å². The van der Waals surface area contributed by atoms with Gasteiger partial charge in [0.15, 0.2) is 0 Å². The monoisotopic (exact) mass is 431 g/mol. The van der Waals surface area contributed by atoms with E-state index in [1.54, 1.807) is 12.3 Å². The lowest BCUT2D eigenvalue weighted by molar-refractivity contribution is 0.0529. The number of hydrogen-bond acceptors (Lipinski definition) is 4. The molecule has 29 heavy (non-hydrogen) atoms. The van der Waals surface area contributed by atoms with Crippen LogP contribution < -0.4 is 5.32 Å². The average Bonchev–Trinajstić information content (AvgIpc) is 3.11. The van der Waals surface area contributed by atoms with E-state index in [0.29, 0.717) is 5.56 Å². The molecule has 0 saturated carbocycles. The number of esters is 1. The smallest absolute Gasteiger partial charge is 0.341 e. The molecule has 0 aliphatic carbocycles. The summed E-state index contributed by atoms with van der Waals surface area (Å²) in [6.45, 7) is 3.96. The van der Waals surface area contributed by atoms with Crippen LogP contribution in [0.25, 0.3) is 11.1 Å². The van der Waals surface area contributed by atoms with E-state index in [2.05, 4.69) is 12.2 Å².